The molecule has 206 valence electrons. The molecule has 5 aliphatic rings. The molecule has 0 heterocycles. The van der Waals surface area contributed by atoms with E-state index < -0.39 is 28.3 Å². The summed E-state index contributed by atoms with van der Waals surface area (Å²) in [7, 11) is 1.38. The fraction of sp³-hybridized carbons (Fsp3) is 0.839. The summed E-state index contributed by atoms with van der Waals surface area (Å²) >= 11 is 0. The third-order valence-corrected chi connectivity index (χ3v) is 13.4. The van der Waals surface area contributed by atoms with Crippen molar-refractivity contribution < 1.29 is 29.3 Å². The fourth-order valence-corrected chi connectivity index (χ4v) is 10.6. The molecule has 0 aromatic carbocycles. The molecule has 4 fully saturated rings. The summed E-state index contributed by atoms with van der Waals surface area (Å²) in [6, 6.07) is 0. The number of ether oxygens (including phenoxy) is 1. The van der Waals surface area contributed by atoms with Gasteiger partial charge in [0.1, 0.15) is 0 Å². The molecule has 0 aromatic rings. The van der Waals surface area contributed by atoms with Gasteiger partial charge in [0.15, 0.2) is 5.78 Å². The maximum atomic E-state index is 14.3. The summed E-state index contributed by atoms with van der Waals surface area (Å²) in [6.07, 6.45) is 8.06. The third kappa shape index (κ3) is 3.17. The van der Waals surface area contributed by atoms with Crippen molar-refractivity contribution in [2.45, 2.75) is 105 Å². The van der Waals surface area contributed by atoms with Crippen LogP contribution in [0.25, 0.3) is 0 Å². The maximum absolute atomic E-state index is 14.3. The van der Waals surface area contributed by atoms with Crippen LogP contribution in [0.4, 0.5) is 0 Å². The summed E-state index contributed by atoms with van der Waals surface area (Å²) in [6.45, 7) is 12.8. The molecule has 0 unspecified atom stereocenters. The molecule has 0 saturated heterocycles. The van der Waals surface area contributed by atoms with Gasteiger partial charge in [0.2, 0.25) is 0 Å². The minimum Gasteiger partial charge on any atom is -0.481 e. The first kappa shape index (κ1) is 26.9. The molecule has 10 atom stereocenters. The third-order valence-electron chi connectivity index (χ3n) is 13.4. The van der Waals surface area contributed by atoms with E-state index >= 15 is 0 Å². The number of carbonyl (C=O) groups excluding carboxylic acids is 2. The number of ketones is 1. The van der Waals surface area contributed by atoms with Gasteiger partial charge in [-0.25, -0.2) is 0 Å². The van der Waals surface area contributed by atoms with Crippen LogP contribution in [-0.4, -0.2) is 41.1 Å². The predicted molar refractivity (Wildman–Crippen MR) is 139 cm³/mol. The van der Waals surface area contributed by atoms with E-state index in [0.29, 0.717) is 25.7 Å². The Labute approximate surface area is 221 Å². The van der Waals surface area contributed by atoms with E-state index in [-0.39, 0.29) is 45.8 Å². The number of aliphatic hydroxyl groups excluding tert-OH is 1. The Kier molecular flexibility index (Phi) is 5.76. The minimum atomic E-state index is -1.04. The molecule has 6 nitrogen and oxygen atoms in total. The number of hydrogen-bond acceptors (Lipinski definition) is 5. The molecule has 0 aliphatic heterocycles. The van der Waals surface area contributed by atoms with Gasteiger partial charge < -0.3 is 14.9 Å². The summed E-state index contributed by atoms with van der Waals surface area (Å²) in [5.41, 5.74) is -1.54. The van der Waals surface area contributed by atoms with Crippen LogP contribution in [0, 0.1) is 50.2 Å². The largest absolute Gasteiger partial charge is 0.481 e. The van der Waals surface area contributed by atoms with E-state index in [2.05, 4.69) is 27.7 Å². The maximum Gasteiger partial charge on any atom is 0.314 e. The molecule has 0 spiro atoms. The van der Waals surface area contributed by atoms with Gasteiger partial charge >= 0.3 is 11.9 Å². The van der Waals surface area contributed by atoms with Gasteiger partial charge in [0.25, 0.3) is 0 Å². The molecule has 0 amide bonds. The second kappa shape index (κ2) is 7.92. The highest BCUT2D eigenvalue weighted by Crippen LogP contribution is 2.75. The number of carbonyl (C=O) groups is 3. The lowest BCUT2D eigenvalue weighted by molar-refractivity contribution is -0.216. The topological polar surface area (TPSA) is 101 Å². The van der Waals surface area contributed by atoms with Crippen molar-refractivity contribution in [3.8, 4) is 0 Å². The first-order chi connectivity index (χ1) is 17.0. The van der Waals surface area contributed by atoms with Gasteiger partial charge in [-0.3, -0.25) is 14.4 Å². The Morgan fingerprint density at radius 1 is 0.946 bits per heavy atom. The predicted octanol–water partition coefficient (Wildman–Crippen LogP) is 5.57. The molecule has 6 heteroatoms. The highest BCUT2D eigenvalue weighted by molar-refractivity contribution is 5.96. The molecule has 2 N–H and O–H groups in total. The van der Waals surface area contributed by atoms with Crippen molar-refractivity contribution in [3.05, 3.63) is 11.6 Å². The Bertz CT molecular complexity index is 1080. The van der Waals surface area contributed by atoms with Gasteiger partial charge in [0, 0.05) is 5.92 Å². The Balaban J connectivity index is 1.62. The molecule has 0 bridgehead atoms. The molecule has 0 aromatic heterocycles. The number of esters is 1. The van der Waals surface area contributed by atoms with Gasteiger partial charge in [-0.05, 0) is 111 Å². The summed E-state index contributed by atoms with van der Waals surface area (Å²) in [5, 5.41) is 21.1. The van der Waals surface area contributed by atoms with Crippen LogP contribution in [0.1, 0.15) is 99.3 Å². The average molecular weight is 515 g/mol. The zero-order chi connectivity index (χ0) is 27.4. The van der Waals surface area contributed by atoms with Crippen LogP contribution < -0.4 is 0 Å². The molecule has 0 radical (unpaired) electrons. The van der Waals surface area contributed by atoms with E-state index in [1.54, 1.807) is 0 Å². The molecular formula is C31H46O6. The number of methoxy groups -OCH3 is 1. The van der Waals surface area contributed by atoms with Crippen LogP contribution in [0.2, 0.25) is 0 Å². The summed E-state index contributed by atoms with van der Waals surface area (Å²) in [4.78, 5) is 39.7. The van der Waals surface area contributed by atoms with Crippen molar-refractivity contribution in [2.24, 2.45) is 50.2 Å². The van der Waals surface area contributed by atoms with Gasteiger partial charge in [-0.1, -0.05) is 33.3 Å². The van der Waals surface area contributed by atoms with Crippen LogP contribution in [-0.2, 0) is 19.1 Å². The van der Waals surface area contributed by atoms with Gasteiger partial charge in [-0.2, -0.15) is 0 Å². The van der Waals surface area contributed by atoms with Crippen LogP contribution >= 0.6 is 0 Å². The van der Waals surface area contributed by atoms with E-state index in [1.165, 1.54) is 12.7 Å². The van der Waals surface area contributed by atoms with Crippen molar-refractivity contribution in [3.63, 3.8) is 0 Å². The highest BCUT2D eigenvalue weighted by Gasteiger charge is 2.72. The zero-order valence-corrected chi connectivity index (χ0v) is 23.8. The molecule has 5 aliphatic carbocycles. The molecule has 4 saturated carbocycles. The first-order valence-corrected chi connectivity index (χ1v) is 14.3. The number of aliphatic carboxylic acids is 1. The van der Waals surface area contributed by atoms with E-state index in [4.69, 9.17) is 4.74 Å². The van der Waals surface area contributed by atoms with Crippen LogP contribution in [0.15, 0.2) is 11.6 Å². The first-order valence-electron chi connectivity index (χ1n) is 14.3. The monoisotopic (exact) mass is 514 g/mol. The fourth-order valence-electron chi connectivity index (χ4n) is 10.6. The Morgan fingerprint density at radius 3 is 2.22 bits per heavy atom. The van der Waals surface area contributed by atoms with Gasteiger partial charge in [0.05, 0.1) is 24.0 Å². The zero-order valence-electron chi connectivity index (χ0n) is 23.8. The normalized spacial score (nSPS) is 53.1. The van der Waals surface area contributed by atoms with E-state index in [0.717, 1.165) is 32.1 Å². The van der Waals surface area contributed by atoms with E-state index in [1.807, 2.05) is 19.9 Å². The second-order valence-electron chi connectivity index (χ2n) is 14.9. The Morgan fingerprint density at radius 2 is 1.59 bits per heavy atom. The number of allylic oxidation sites excluding steroid dienone is 2. The van der Waals surface area contributed by atoms with Gasteiger partial charge in [-0.15, -0.1) is 0 Å². The summed E-state index contributed by atoms with van der Waals surface area (Å²) in [5.74, 6) is -1.28. The molecule has 37 heavy (non-hydrogen) atoms. The smallest absolute Gasteiger partial charge is 0.314 e. The van der Waals surface area contributed by atoms with Crippen molar-refractivity contribution >= 4 is 17.7 Å². The van der Waals surface area contributed by atoms with Crippen molar-refractivity contribution in [1.29, 1.82) is 0 Å². The minimum absolute atomic E-state index is 0.0172. The molecule has 5 rings (SSSR count). The van der Waals surface area contributed by atoms with Crippen molar-refractivity contribution in [2.75, 3.05) is 7.11 Å². The lowest BCUT2D eigenvalue weighted by Crippen LogP contribution is -2.68. The standard InChI is InChI=1S/C31H46O6/c1-26-12-13-27(2,24(34)35)17-19(26)18-16-20(32)23-28(3)10-9-22(33)31(6,25(36)37-7)21(28)8-11-30(23,5)29(18,4)15-14-26/h16,19,21-23,33H,8-15,17H2,1-7H3,(H,34,35)/t19-,21+,22-,23+,26+,27-,28-,29+,30+,31-/m0/s1. The number of hydrogen-bond donors (Lipinski definition) is 2. The number of carboxylic acids is 1. The highest BCUT2D eigenvalue weighted by atomic mass is 16.5. The van der Waals surface area contributed by atoms with Crippen molar-refractivity contribution in [1.82, 2.24) is 0 Å². The second-order valence-corrected chi connectivity index (χ2v) is 14.9. The summed E-state index contributed by atoms with van der Waals surface area (Å²) < 4.78 is 5.22. The Hall–Kier alpha value is -1.69. The molecular weight excluding hydrogens is 468 g/mol. The average Bonchev–Trinajstić information content (AvgIpc) is 2.83. The lowest BCUT2D eigenvalue weighted by Gasteiger charge is -2.70. The quantitative estimate of drug-likeness (QED) is 0.468. The number of rotatable bonds is 2. The number of fused-ring (bicyclic) bond motifs is 7. The van der Waals surface area contributed by atoms with Crippen LogP contribution in [0.3, 0.4) is 0 Å². The van der Waals surface area contributed by atoms with Crippen LogP contribution in [0.5, 0.6) is 0 Å². The van der Waals surface area contributed by atoms with E-state index in [9.17, 15) is 24.6 Å². The lowest BCUT2D eigenvalue weighted by atomic mass is 9.33. The number of aliphatic hydroxyl groups is 1. The number of carboxylic acid groups (broad SMARTS) is 1. The SMILES string of the molecule is COC(=O)[C@@]1(C)[C@@H]2CC[C@]3(C)[C@H](C(=O)C=C4[C@@H]5C[C@@](C)(C(=O)O)CC[C@]5(C)CC[C@]43C)[C@@]2(C)CC[C@@H]1O.